The summed E-state index contributed by atoms with van der Waals surface area (Å²) in [5.41, 5.74) is -0.117. The minimum absolute atomic E-state index is 0.0716. The van der Waals surface area contributed by atoms with Crippen LogP contribution in [-0.4, -0.2) is 33.1 Å². The maximum atomic E-state index is 9.34. The molecule has 1 N–H and O–H groups in total. The van der Waals surface area contributed by atoms with E-state index in [4.69, 9.17) is 4.74 Å². The van der Waals surface area contributed by atoms with E-state index in [1.807, 2.05) is 4.57 Å². The molecule has 0 aliphatic carbocycles. The molecular weight excluding hydrogens is 218 g/mol. The lowest BCUT2D eigenvalue weighted by Crippen LogP contribution is -2.29. The molecule has 96 valence electrons. The van der Waals surface area contributed by atoms with Crippen LogP contribution < -0.4 is 0 Å². The molecule has 1 aliphatic heterocycles. The SMILES string of the molecule is CC(C)(C)n1c(CO)nnc1C1CCCOC1. The molecule has 1 aliphatic rings. The molecule has 2 heterocycles. The van der Waals surface area contributed by atoms with Crippen molar-refractivity contribution in [2.24, 2.45) is 0 Å². The van der Waals surface area contributed by atoms with Crippen molar-refractivity contribution in [3.8, 4) is 0 Å². The van der Waals surface area contributed by atoms with Crippen molar-refractivity contribution in [1.82, 2.24) is 14.8 Å². The summed E-state index contributed by atoms with van der Waals surface area (Å²) in [7, 11) is 0. The van der Waals surface area contributed by atoms with Crippen LogP contribution in [0.15, 0.2) is 0 Å². The Morgan fingerprint density at radius 2 is 2.18 bits per heavy atom. The minimum atomic E-state index is -0.117. The first-order valence-electron chi connectivity index (χ1n) is 6.17. The quantitative estimate of drug-likeness (QED) is 0.848. The number of aliphatic hydroxyl groups excluding tert-OH is 1. The number of rotatable bonds is 2. The Morgan fingerprint density at radius 3 is 2.71 bits per heavy atom. The Balaban J connectivity index is 2.36. The molecule has 1 aromatic rings. The monoisotopic (exact) mass is 239 g/mol. The standard InChI is InChI=1S/C12H21N3O2/c1-12(2,3)15-10(7-16)13-14-11(15)9-5-4-6-17-8-9/h9,16H,4-8H2,1-3H3. The average molecular weight is 239 g/mol. The number of aliphatic hydroxyl groups is 1. The Labute approximate surface area is 102 Å². The van der Waals surface area contributed by atoms with Gasteiger partial charge in [0.15, 0.2) is 5.82 Å². The van der Waals surface area contributed by atoms with Crippen molar-refractivity contribution in [1.29, 1.82) is 0 Å². The normalized spacial score (nSPS) is 21.8. The molecule has 0 bridgehead atoms. The van der Waals surface area contributed by atoms with Crippen LogP contribution in [0.3, 0.4) is 0 Å². The first-order chi connectivity index (χ1) is 8.04. The van der Waals surface area contributed by atoms with Crippen molar-refractivity contribution in [3.63, 3.8) is 0 Å². The van der Waals surface area contributed by atoms with Gasteiger partial charge >= 0.3 is 0 Å². The maximum Gasteiger partial charge on any atom is 0.159 e. The second kappa shape index (κ2) is 4.74. The third-order valence-electron chi connectivity index (χ3n) is 3.09. The van der Waals surface area contributed by atoms with Gasteiger partial charge in [-0.15, -0.1) is 10.2 Å². The number of nitrogens with zero attached hydrogens (tertiary/aromatic N) is 3. The van der Waals surface area contributed by atoms with E-state index < -0.39 is 0 Å². The molecule has 1 atom stereocenters. The van der Waals surface area contributed by atoms with E-state index in [-0.39, 0.29) is 12.1 Å². The zero-order valence-corrected chi connectivity index (χ0v) is 10.8. The van der Waals surface area contributed by atoms with Crippen molar-refractivity contribution in [2.75, 3.05) is 13.2 Å². The molecule has 0 spiro atoms. The lowest BCUT2D eigenvalue weighted by molar-refractivity contribution is 0.0753. The molecule has 1 aromatic heterocycles. The number of hydrogen-bond donors (Lipinski definition) is 1. The van der Waals surface area contributed by atoms with Crippen LogP contribution in [0, 0.1) is 0 Å². The van der Waals surface area contributed by atoms with E-state index in [1.165, 1.54) is 0 Å². The summed E-state index contributed by atoms with van der Waals surface area (Å²) >= 11 is 0. The van der Waals surface area contributed by atoms with E-state index in [1.54, 1.807) is 0 Å². The minimum Gasteiger partial charge on any atom is -0.388 e. The summed E-state index contributed by atoms with van der Waals surface area (Å²) < 4.78 is 7.55. The largest absolute Gasteiger partial charge is 0.388 e. The van der Waals surface area contributed by atoms with E-state index in [0.29, 0.717) is 18.3 Å². The van der Waals surface area contributed by atoms with E-state index >= 15 is 0 Å². The van der Waals surface area contributed by atoms with E-state index in [9.17, 15) is 5.11 Å². The highest BCUT2D eigenvalue weighted by Gasteiger charge is 2.28. The summed E-state index contributed by atoms with van der Waals surface area (Å²) in [5, 5.41) is 17.7. The van der Waals surface area contributed by atoms with Crippen molar-refractivity contribution in [3.05, 3.63) is 11.6 Å². The van der Waals surface area contributed by atoms with Gasteiger partial charge in [-0.1, -0.05) is 0 Å². The molecule has 1 fully saturated rings. The smallest absolute Gasteiger partial charge is 0.159 e. The van der Waals surface area contributed by atoms with Crippen LogP contribution in [-0.2, 0) is 16.9 Å². The van der Waals surface area contributed by atoms with Crippen LogP contribution in [0.1, 0.15) is 51.2 Å². The maximum absolute atomic E-state index is 9.34. The van der Waals surface area contributed by atoms with Crippen LogP contribution in [0.4, 0.5) is 0 Å². The lowest BCUT2D eigenvalue weighted by atomic mass is 9.99. The molecule has 17 heavy (non-hydrogen) atoms. The first-order valence-corrected chi connectivity index (χ1v) is 6.17. The lowest BCUT2D eigenvalue weighted by Gasteiger charge is -2.29. The third kappa shape index (κ3) is 2.50. The summed E-state index contributed by atoms with van der Waals surface area (Å²) in [4.78, 5) is 0. The van der Waals surface area contributed by atoms with Gasteiger partial charge in [-0.05, 0) is 33.6 Å². The number of ether oxygens (including phenoxy) is 1. The first kappa shape index (κ1) is 12.5. The predicted octanol–water partition coefficient (Wildman–Crippen LogP) is 1.42. The molecule has 1 saturated heterocycles. The highest BCUT2D eigenvalue weighted by atomic mass is 16.5. The summed E-state index contributed by atoms with van der Waals surface area (Å²) in [6, 6.07) is 0. The average Bonchev–Trinajstić information content (AvgIpc) is 2.73. The van der Waals surface area contributed by atoms with Crippen molar-refractivity contribution >= 4 is 0 Å². The van der Waals surface area contributed by atoms with Crippen LogP contribution in [0.5, 0.6) is 0 Å². The van der Waals surface area contributed by atoms with E-state index in [2.05, 4.69) is 31.0 Å². The second-order valence-electron chi connectivity index (χ2n) is 5.55. The predicted molar refractivity (Wildman–Crippen MR) is 63.7 cm³/mol. The molecule has 5 nitrogen and oxygen atoms in total. The zero-order chi connectivity index (χ0) is 12.5. The molecule has 2 rings (SSSR count). The van der Waals surface area contributed by atoms with Gasteiger partial charge in [0, 0.05) is 18.1 Å². The fraction of sp³-hybridized carbons (Fsp3) is 0.833. The summed E-state index contributed by atoms with van der Waals surface area (Å²) in [6.07, 6.45) is 2.15. The van der Waals surface area contributed by atoms with Gasteiger partial charge in [0.2, 0.25) is 0 Å². The van der Waals surface area contributed by atoms with Crippen molar-refractivity contribution in [2.45, 2.75) is 51.7 Å². The molecule has 5 heteroatoms. The topological polar surface area (TPSA) is 60.2 Å². The van der Waals surface area contributed by atoms with Crippen LogP contribution in [0.2, 0.25) is 0 Å². The number of aromatic nitrogens is 3. The number of hydrogen-bond acceptors (Lipinski definition) is 4. The van der Waals surface area contributed by atoms with Crippen LogP contribution >= 0.6 is 0 Å². The van der Waals surface area contributed by atoms with Crippen LogP contribution in [0.25, 0.3) is 0 Å². The van der Waals surface area contributed by atoms with Crippen molar-refractivity contribution < 1.29 is 9.84 Å². The van der Waals surface area contributed by atoms with Gasteiger partial charge in [-0.2, -0.15) is 0 Å². The Bertz CT molecular complexity index is 376. The van der Waals surface area contributed by atoms with Gasteiger partial charge < -0.3 is 14.4 Å². The Morgan fingerprint density at radius 1 is 1.41 bits per heavy atom. The third-order valence-corrected chi connectivity index (χ3v) is 3.09. The summed E-state index contributed by atoms with van der Waals surface area (Å²) in [6.45, 7) is 7.78. The fourth-order valence-corrected chi connectivity index (χ4v) is 2.37. The molecule has 0 radical (unpaired) electrons. The Kier molecular flexibility index (Phi) is 3.49. The van der Waals surface area contributed by atoms with Gasteiger partial charge in [0.05, 0.1) is 6.61 Å². The second-order valence-corrected chi connectivity index (χ2v) is 5.55. The Hall–Kier alpha value is -0.940. The van der Waals surface area contributed by atoms with E-state index in [0.717, 1.165) is 25.3 Å². The zero-order valence-electron chi connectivity index (χ0n) is 10.8. The highest BCUT2D eigenvalue weighted by molar-refractivity contribution is 5.06. The molecule has 0 saturated carbocycles. The molecular formula is C12H21N3O2. The van der Waals surface area contributed by atoms with Gasteiger partial charge in [0.25, 0.3) is 0 Å². The molecule has 1 unspecified atom stereocenters. The summed E-state index contributed by atoms with van der Waals surface area (Å²) in [5.74, 6) is 1.88. The van der Waals surface area contributed by atoms with Gasteiger partial charge in [-0.25, -0.2) is 0 Å². The molecule has 0 amide bonds. The van der Waals surface area contributed by atoms with Gasteiger partial charge in [0.1, 0.15) is 12.4 Å². The van der Waals surface area contributed by atoms with Gasteiger partial charge in [-0.3, -0.25) is 0 Å². The molecule has 0 aromatic carbocycles. The fourth-order valence-electron chi connectivity index (χ4n) is 2.37. The highest BCUT2D eigenvalue weighted by Crippen LogP contribution is 2.28.